The summed E-state index contributed by atoms with van der Waals surface area (Å²) in [4.78, 5) is 8.85. The molecule has 33 heavy (non-hydrogen) atoms. The molecular weight excluding hydrogens is 440 g/mol. The molecule has 172 valence electrons. The van der Waals surface area contributed by atoms with Crippen LogP contribution in [-0.4, -0.2) is 45.2 Å². The molecule has 0 saturated heterocycles. The molecule has 10 nitrogen and oxygen atoms in total. The summed E-state index contributed by atoms with van der Waals surface area (Å²) >= 11 is 0. The Kier molecular flexibility index (Phi) is 4.81. The van der Waals surface area contributed by atoms with Gasteiger partial charge in [-0.15, -0.1) is 13.9 Å². The van der Waals surface area contributed by atoms with E-state index in [9.17, 15) is 13.9 Å². The van der Waals surface area contributed by atoms with E-state index in [0.29, 0.717) is 22.5 Å². The Hall–Kier alpha value is -3.93. The summed E-state index contributed by atoms with van der Waals surface area (Å²) in [6.45, 7) is 1.78. The number of nitrogens with zero attached hydrogens (tertiary/aromatic N) is 4. The van der Waals surface area contributed by atoms with Gasteiger partial charge in [-0.3, -0.25) is 0 Å². The fourth-order valence-corrected chi connectivity index (χ4v) is 3.56. The quantitative estimate of drug-likeness (QED) is 0.449. The predicted molar refractivity (Wildman–Crippen MR) is 112 cm³/mol. The molecule has 3 heterocycles. The maximum absolute atomic E-state index is 13.7. The number of halogens is 2. The minimum Gasteiger partial charge on any atom is -0.497 e. The highest BCUT2D eigenvalue weighted by molar-refractivity contribution is 5.97. The smallest absolute Gasteiger partial charge is 0.497 e. The molecule has 0 radical (unpaired) electrons. The zero-order chi connectivity index (χ0) is 23.3. The van der Waals surface area contributed by atoms with Crippen molar-refractivity contribution in [2.45, 2.75) is 25.9 Å². The minimum atomic E-state index is -3.80. The van der Waals surface area contributed by atoms with Crippen molar-refractivity contribution >= 4 is 22.5 Å². The first-order valence-electron chi connectivity index (χ1n) is 9.91. The van der Waals surface area contributed by atoms with Crippen LogP contribution in [0.2, 0.25) is 0 Å². The Bertz CT molecular complexity index is 1370. The maximum Gasteiger partial charge on any atom is 0.586 e. The number of aliphatic hydroxyl groups excluding tert-OH is 1. The number of anilines is 1. The predicted octanol–water partition coefficient (Wildman–Crippen LogP) is 3.28. The van der Waals surface area contributed by atoms with Crippen molar-refractivity contribution in [3.63, 3.8) is 0 Å². The number of hydrogen-bond acceptors (Lipinski definition) is 9. The number of rotatable bonds is 6. The van der Waals surface area contributed by atoms with Gasteiger partial charge in [-0.25, -0.2) is 9.97 Å². The molecule has 2 N–H and O–H groups in total. The van der Waals surface area contributed by atoms with Crippen molar-refractivity contribution in [2.75, 3.05) is 19.5 Å². The highest BCUT2D eigenvalue weighted by Gasteiger charge is 2.45. The molecule has 4 aromatic rings. The zero-order valence-electron chi connectivity index (χ0n) is 17.8. The van der Waals surface area contributed by atoms with Crippen LogP contribution in [0.25, 0.3) is 16.6 Å². The molecule has 0 fully saturated rings. The lowest BCUT2D eigenvalue weighted by Gasteiger charge is -2.13. The van der Waals surface area contributed by atoms with Crippen LogP contribution < -0.4 is 24.3 Å². The van der Waals surface area contributed by atoms with Gasteiger partial charge in [0.15, 0.2) is 23.0 Å². The first-order valence-corrected chi connectivity index (χ1v) is 9.91. The summed E-state index contributed by atoms with van der Waals surface area (Å²) in [5.41, 5.74) is 1.21. The van der Waals surface area contributed by atoms with E-state index in [1.165, 1.54) is 30.7 Å². The summed E-state index contributed by atoms with van der Waals surface area (Å²) in [5.74, 6) is 1.22. The second kappa shape index (κ2) is 7.59. The van der Waals surface area contributed by atoms with Crippen molar-refractivity contribution < 1.29 is 32.8 Å². The van der Waals surface area contributed by atoms with E-state index in [2.05, 4.69) is 25.1 Å². The topological polar surface area (TPSA) is 112 Å². The third-order valence-corrected chi connectivity index (χ3v) is 5.13. The van der Waals surface area contributed by atoms with E-state index in [0.717, 1.165) is 5.56 Å². The Balaban J connectivity index is 1.63. The standard InChI is InChI=1S/C21H19F2N5O5/c1-10(29)18-26-19-13-6-7-14-17(33-21(22,23)32-14)16(13)25-20(28(19)27-18)24-9-11-4-5-12(30-2)8-15(11)31-3/h4-8,10,29H,9H2,1-3H3,(H,24,25). The first kappa shape index (κ1) is 20.9. The number of methoxy groups -OCH3 is 2. The molecule has 0 amide bonds. The molecule has 0 bridgehead atoms. The number of aliphatic hydroxyl groups is 1. The molecule has 0 aliphatic carbocycles. The SMILES string of the molecule is COc1ccc(CNc2nc3c4c(ccc3c3nc(C(C)O)nn23)OC(F)(F)O4)c(OC)c1. The fraction of sp³-hybridized carbons (Fsp3) is 0.286. The van der Waals surface area contributed by atoms with E-state index < -0.39 is 12.4 Å². The molecule has 0 spiro atoms. The molecule has 1 atom stereocenters. The van der Waals surface area contributed by atoms with Gasteiger partial charge in [-0.1, -0.05) is 0 Å². The summed E-state index contributed by atoms with van der Waals surface area (Å²) in [6.07, 6.45) is -4.75. The number of alkyl halides is 2. The van der Waals surface area contributed by atoms with Crippen molar-refractivity contribution in [1.82, 2.24) is 19.6 Å². The number of fused-ring (bicyclic) bond motifs is 5. The molecule has 1 aliphatic rings. The minimum absolute atomic E-state index is 0.117. The van der Waals surface area contributed by atoms with Crippen LogP contribution in [-0.2, 0) is 6.54 Å². The fourth-order valence-electron chi connectivity index (χ4n) is 3.56. The lowest BCUT2D eigenvalue weighted by Crippen LogP contribution is -2.26. The van der Waals surface area contributed by atoms with Crippen LogP contribution in [0.4, 0.5) is 14.7 Å². The van der Waals surface area contributed by atoms with E-state index in [1.807, 2.05) is 6.07 Å². The van der Waals surface area contributed by atoms with E-state index in [1.54, 1.807) is 19.2 Å². The van der Waals surface area contributed by atoms with Gasteiger partial charge in [0.2, 0.25) is 5.95 Å². The molecule has 0 saturated carbocycles. The van der Waals surface area contributed by atoms with Crippen molar-refractivity contribution in [2.24, 2.45) is 0 Å². The van der Waals surface area contributed by atoms with Gasteiger partial charge < -0.3 is 29.4 Å². The van der Waals surface area contributed by atoms with E-state index >= 15 is 0 Å². The summed E-state index contributed by atoms with van der Waals surface area (Å²) < 4.78 is 48.8. The summed E-state index contributed by atoms with van der Waals surface area (Å²) in [6, 6.07) is 8.23. The van der Waals surface area contributed by atoms with Gasteiger partial charge in [-0.05, 0) is 31.2 Å². The van der Waals surface area contributed by atoms with E-state index in [-0.39, 0.29) is 35.3 Å². The van der Waals surface area contributed by atoms with E-state index in [4.69, 9.17) is 14.2 Å². The highest BCUT2D eigenvalue weighted by Crippen LogP contribution is 2.45. The summed E-state index contributed by atoms with van der Waals surface area (Å²) in [5, 5.41) is 17.9. The molecule has 1 unspecified atom stereocenters. The normalized spacial score (nSPS) is 15.1. The Morgan fingerprint density at radius 1 is 1.15 bits per heavy atom. The zero-order valence-corrected chi connectivity index (χ0v) is 17.8. The Morgan fingerprint density at radius 2 is 1.97 bits per heavy atom. The molecule has 5 rings (SSSR count). The summed E-state index contributed by atoms with van der Waals surface area (Å²) in [7, 11) is 3.10. The average Bonchev–Trinajstić information content (AvgIpc) is 3.38. The van der Waals surface area contributed by atoms with Gasteiger partial charge >= 0.3 is 6.29 Å². The third-order valence-electron chi connectivity index (χ3n) is 5.13. The van der Waals surface area contributed by atoms with Crippen LogP contribution in [0.3, 0.4) is 0 Å². The van der Waals surface area contributed by atoms with Crippen molar-refractivity contribution in [3.05, 3.63) is 41.7 Å². The largest absolute Gasteiger partial charge is 0.586 e. The van der Waals surface area contributed by atoms with Gasteiger partial charge in [-0.2, -0.15) is 4.52 Å². The molecule has 2 aromatic carbocycles. The number of aromatic nitrogens is 4. The van der Waals surface area contributed by atoms with Crippen LogP contribution >= 0.6 is 0 Å². The molecule has 1 aliphatic heterocycles. The number of ether oxygens (including phenoxy) is 4. The second-order valence-corrected chi connectivity index (χ2v) is 7.30. The van der Waals surface area contributed by atoms with Gasteiger partial charge in [0, 0.05) is 23.6 Å². The van der Waals surface area contributed by atoms with Gasteiger partial charge in [0.25, 0.3) is 0 Å². The molecule has 2 aromatic heterocycles. The van der Waals surface area contributed by atoms with Crippen LogP contribution in [0.5, 0.6) is 23.0 Å². The highest BCUT2D eigenvalue weighted by atomic mass is 19.3. The average molecular weight is 459 g/mol. The second-order valence-electron chi connectivity index (χ2n) is 7.30. The molecule has 12 heteroatoms. The monoisotopic (exact) mass is 459 g/mol. The number of nitrogens with one attached hydrogen (secondary N) is 1. The Morgan fingerprint density at radius 3 is 2.70 bits per heavy atom. The lowest BCUT2D eigenvalue weighted by molar-refractivity contribution is -0.286. The van der Waals surface area contributed by atoms with Crippen LogP contribution in [0, 0.1) is 0 Å². The number of hydrogen-bond donors (Lipinski definition) is 2. The molecular formula is C21H19F2N5O5. The number of benzene rings is 2. The van der Waals surface area contributed by atoms with Crippen LogP contribution in [0.1, 0.15) is 24.4 Å². The maximum atomic E-state index is 13.7. The van der Waals surface area contributed by atoms with Gasteiger partial charge in [0.1, 0.15) is 23.1 Å². The third kappa shape index (κ3) is 3.57. The first-order chi connectivity index (χ1) is 15.8. The van der Waals surface area contributed by atoms with Crippen LogP contribution in [0.15, 0.2) is 30.3 Å². The Labute approximate surface area is 185 Å². The van der Waals surface area contributed by atoms with Crippen molar-refractivity contribution in [1.29, 1.82) is 0 Å². The van der Waals surface area contributed by atoms with Gasteiger partial charge in [0.05, 0.1) is 14.2 Å². The lowest BCUT2D eigenvalue weighted by atomic mass is 10.2. The van der Waals surface area contributed by atoms with Crippen molar-refractivity contribution in [3.8, 4) is 23.0 Å².